The minimum Gasteiger partial charge on any atom is -0.352 e. The molecule has 0 aliphatic heterocycles. The van der Waals surface area contributed by atoms with Gasteiger partial charge in [0, 0.05) is 18.5 Å². The molecule has 2 aromatic carbocycles. The van der Waals surface area contributed by atoms with Crippen molar-refractivity contribution in [3.8, 4) is 11.1 Å². The third-order valence-electron chi connectivity index (χ3n) is 3.22. The molecule has 2 rings (SSSR count). The van der Waals surface area contributed by atoms with Gasteiger partial charge in [-0.3, -0.25) is 4.79 Å². The summed E-state index contributed by atoms with van der Waals surface area (Å²) in [5.74, 6) is -0.319. The lowest BCUT2D eigenvalue weighted by Crippen LogP contribution is -2.38. The van der Waals surface area contributed by atoms with Gasteiger partial charge in [0.2, 0.25) is 5.91 Å². The molecule has 0 aliphatic carbocycles. The maximum atomic E-state index is 13.2. The number of amides is 1. The van der Waals surface area contributed by atoms with Crippen LogP contribution in [0.3, 0.4) is 0 Å². The molecule has 3 N–H and O–H groups in total. The number of rotatable bonds is 5. The topological polar surface area (TPSA) is 55.1 Å². The second-order valence-corrected chi connectivity index (χ2v) is 6.15. The van der Waals surface area contributed by atoms with Gasteiger partial charge in [-0.15, -0.1) is 0 Å². The van der Waals surface area contributed by atoms with Crippen LogP contribution in [0.25, 0.3) is 11.1 Å². The predicted octanol–water partition coefficient (Wildman–Crippen LogP) is 3.24. The van der Waals surface area contributed by atoms with Gasteiger partial charge in [-0.2, -0.15) is 0 Å². The van der Waals surface area contributed by atoms with Gasteiger partial charge in [-0.05, 0) is 42.7 Å². The first-order valence-electron chi connectivity index (χ1n) is 7.24. The third-order valence-corrected chi connectivity index (χ3v) is 3.22. The van der Waals surface area contributed by atoms with Gasteiger partial charge >= 0.3 is 0 Å². The van der Waals surface area contributed by atoms with Crippen LogP contribution in [0.4, 0.5) is 4.39 Å². The molecule has 0 unspecified atom stereocenters. The van der Waals surface area contributed by atoms with E-state index in [2.05, 4.69) is 5.32 Å². The average molecular weight is 300 g/mol. The lowest BCUT2D eigenvalue weighted by atomic mass is 10.0. The van der Waals surface area contributed by atoms with Crippen LogP contribution in [-0.2, 0) is 11.3 Å². The largest absolute Gasteiger partial charge is 0.352 e. The molecule has 0 heterocycles. The van der Waals surface area contributed by atoms with E-state index in [1.165, 1.54) is 12.1 Å². The van der Waals surface area contributed by atoms with Gasteiger partial charge in [0.1, 0.15) is 5.82 Å². The van der Waals surface area contributed by atoms with Crippen molar-refractivity contribution in [3.05, 3.63) is 59.9 Å². The molecule has 0 bridgehead atoms. The summed E-state index contributed by atoms with van der Waals surface area (Å²) in [5, 5.41) is 2.84. The second-order valence-electron chi connectivity index (χ2n) is 6.15. The fraction of sp³-hybridized carbons (Fsp3) is 0.278. The van der Waals surface area contributed by atoms with E-state index in [4.69, 9.17) is 5.73 Å². The molecule has 0 aliphatic rings. The molecule has 3 nitrogen and oxygen atoms in total. The normalized spacial score (nSPS) is 11.3. The van der Waals surface area contributed by atoms with Crippen LogP contribution in [0, 0.1) is 5.82 Å². The molecule has 0 saturated heterocycles. The number of nitrogens with one attached hydrogen (secondary N) is 1. The molecule has 1 amide bonds. The molecule has 0 saturated carbocycles. The molecular formula is C18H21FN2O. The molecule has 2 aromatic rings. The fourth-order valence-electron chi connectivity index (χ4n) is 2.16. The zero-order chi connectivity index (χ0) is 16.2. The van der Waals surface area contributed by atoms with Crippen LogP contribution < -0.4 is 11.1 Å². The molecule has 0 radical (unpaired) electrons. The van der Waals surface area contributed by atoms with E-state index in [1.807, 2.05) is 44.2 Å². The minimum atomic E-state index is -0.509. The van der Waals surface area contributed by atoms with E-state index in [9.17, 15) is 9.18 Å². The van der Waals surface area contributed by atoms with Crippen molar-refractivity contribution in [1.82, 2.24) is 5.32 Å². The molecule has 0 fully saturated rings. The highest BCUT2D eigenvalue weighted by molar-refractivity contribution is 5.77. The van der Waals surface area contributed by atoms with Crippen molar-refractivity contribution in [2.45, 2.75) is 32.4 Å². The van der Waals surface area contributed by atoms with Crippen molar-refractivity contribution in [2.75, 3.05) is 0 Å². The maximum Gasteiger partial charge on any atom is 0.222 e. The molecule has 0 spiro atoms. The van der Waals surface area contributed by atoms with Crippen LogP contribution in [0.5, 0.6) is 0 Å². The van der Waals surface area contributed by atoms with E-state index in [-0.39, 0.29) is 18.1 Å². The van der Waals surface area contributed by atoms with Crippen molar-refractivity contribution >= 4 is 5.91 Å². The standard InChI is InChI=1S/C18H21FN2O/c1-18(2,20)11-17(22)21-12-13-6-8-14(9-7-13)15-4-3-5-16(19)10-15/h3-10H,11-12,20H2,1-2H3,(H,21,22). The summed E-state index contributed by atoms with van der Waals surface area (Å²) in [7, 11) is 0. The van der Waals surface area contributed by atoms with E-state index in [0.29, 0.717) is 6.54 Å². The first kappa shape index (κ1) is 16.2. The minimum absolute atomic E-state index is 0.0679. The average Bonchev–Trinajstić information content (AvgIpc) is 2.44. The van der Waals surface area contributed by atoms with Crippen molar-refractivity contribution in [2.24, 2.45) is 5.73 Å². The number of hydrogen-bond donors (Lipinski definition) is 2. The number of carbonyl (C=O) groups is 1. The van der Waals surface area contributed by atoms with Gasteiger partial charge in [0.25, 0.3) is 0 Å². The maximum absolute atomic E-state index is 13.2. The summed E-state index contributed by atoms with van der Waals surface area (Å²) in [6, 6.07) is 14.2. The Hall–Kier alpha value is -2.20. The van der Waals surface area contributed by atoms with E-state index >= 15 is 0 Å². The Morgan fingerprint density at radius 1 is 1.14 bits per heavy atom. The smallest absolute Gasteiger partial charge is 0.222 e. The van der Waals surface area contributed by atoms with Crippen LogP contribution in [0.2, 0.25) is 0 Å². The Bertz CT molecular complexity index is 645. The molecule has 0 aromatic heterocycles. The fourth-order valence-corrected chi connectivity index (χ4v) is 2.16. The number of nitrogens with two attached hydrogens (primary N) is 1. The second kappa shape index (κ2) is 6.71. The zero-order valence-corrected chi connectivity index (χ0v) is 12.9. The highest BCUT2D eigenvalue weighted by Gasteiger charge is 2.15. The molecule has 22 heavy (non-hydrogen) atoms. The van der Waals surface area contributed by atoms with E-state index in [1.54, 1.807) is 6.07 Å². The molecule has 116 valence electrons. The van der Waals surface area contributed by atoms with Gasteiger partial charge in [0.15, 0.2) is 0 Å². The van der Waals surface area contributed by atoms with Gasteiger partial charge in [0.05, 0.1) is 0 Å². The summed E-state index contributed by atoms with van der Waals surface area (Å²) < 4.78 is 13.2. The first-order valence-corrected chi connectivity index (χ1v) is 7.24. The summed E-state index contributed by atoms with van der Waals surface area (Å²) in [6.45, 7) is 4.10. The van der Waals surface area contributed by atoms with E-state index < -0.39 is 5.54 Å². The Morgan fingerprint density at radius 2 is 1.82 bits per heavy atom. The molecule has 0 atom stereocenters. The van der Waals surface area contributed by atoms with Gasteiger partial charge in [-0.1, -0.05) is 36.4 Å². The summed E-state index contributed by atoms with van der Waals surface area (Å²) in [4.78, 5) is 11.7. The Morgan fingerprint density at radius 3 is 2.41 bits per heavy atom. The quantitative estimate of drug-likeness (QED) is 0.890. The Labute approximate surface area is 130 Å². The Balaban J connectivity index is 1.96. The first-order chi connectivity index (χ1) is 10.3. The van der Waals surface area contributed by atoms with Crippen molar-refractivity contribution in [3.63, 3.8) is 0 Å². The van der Waals surface area contributed by atoms with Crippen molar-refractivity contribution in [1.29, 1.82) is 0 Å². The molecular weight excluding hydrogens is 279 g/mol. The number of carbonyl (C=O) groups excluding carboxylic acids is 1. The molecule has 4 heteroatoms. The Kier molecular flexibility index (Phi) is 4.93. The van der Waals surface area contributed by atoms with Gasteiger partial charge < -0.3 is 11.1 Å². The summed E-state index contributed by atoms with van der Waals surface area (Å²) >= 11 is 0. The van der Waals surface area contributed by atoms with Crippen LogP contribution in [0.1, 0.15) is 25.8 Å². The van der Waals surface area contributed by atoms with Crippen LogP contribution in [0.15, 0.2) is 48.5 Å². The van der Waals surface area contributed by atoms with Crippen LogP contribution in [-0.4, -0.2) is 11.4 Å². The highest BCUT2D eigenvalue weighted by Crippen LogP contribution is 2.20. The SMILES string of the molecule is CC(C)(N)CC(=O)NCc1ccc(-c2cccc(F)c2)cc1. The highest BCUT2D eigenvalue weighted by atomic mass is 19.1. The van der Waals surface area contributed by atoms with Crippen molar-refractivity contribution < 1.29 is 9.18 Å². The van der Waals surface area contributed by atoms with Gasteiger partial charge in [-0.25, -0.2) is 4.39 Å². The number of halogens is 1. The summed E-state index contributed by atoms with van der Waals surface area (Å²) in [6.07, 6.45) is 0.286. The zero-order valence-electron chi connectivity index (χ0n) is 12.9. The summed E-state index contributed by atoms with van der Waals surface area (Å²) in [5.41, 5.74) is 8.07. The van der Waals surface area contributed by atoms with Crippen LogP contribution >= 0.6 is 0 Å². The number of benzene rings is 2. The lowest BCUT2D eigenvalue weighted by Gasteiger charge is -2.17. The third kappa shape index (κ3) is 4.97. The number of hydrogen-bond acceptors (Lipinski definition) is 2. The lowest BCUT2D eigenvalue weighted by molar-refractivity contribution is -0.122. The predicted molar refractivity (Wildman–Crippen MR) is 86.6 cm³/mol. The monoisotopic (exact) mass is 300 g/mol. The van der Waals surface area contributed by atoms with E-state index in [0.717, 1.165) is 16.7 Å².